The molecule has 0 aliphatic carbocycles. The minimum Gasteiger partial charge on any atom is -0.169 e. The van der Waals surface area contributed by atoms with Crippen LogP contribution in [0.25, 0.3) is 0 Å². The smallest absolute Gasteiger partial charge is 0.0195 e. The first-order chi connectivity index (χ1) is 2.83. The molecule has 0 heterocycles. The van der Waals surface area contributed by atoms with Crippen LogP contribution in [0.3, 0.4) is 0 Å². The van der Waals surface area contributed by atoms with Gasteiger partial charge in [0.25, 0.3) is 0 Å². The molecule has 0 fully saturated rings. The van der Waals surface area contributed by atoms with Crippen molar-refractivity contribution in [3.8, 4) is 0 Å². The maximum absolute atomic E-state index is 5.00. The van der Waals surface area contributed by atoms with Crippen LogP contribution in [0.5, 0.6) is 0 Å². The largest absolute Gasteiger partial charge is 0.169 e. The Kier molecular flexibility index (Phi) is 28.5. The van der Waals surface area contributed by atoms with Gasteiger partial charge in [0.1, 0.15) is 0 Å². The normalized spacial score (nSPS) is 6.00. The zero-order chi connectivity index (χ0) is 5.41. The van der Waals surface area contributed by atoms with Gasteiger partial charge in [0.05, 0.1) is 0 Å². The lowest BCUT2D eigenvalue weighted by atomic mass is 11.0. The van der Waals surface area contributed by atoms with Gasteiger partial charge in [0, 0.05) is 5.88 Å². The Morgan fingerprint density at radius 2 is 1.50 bits per heavy atom. The summed E-state index contributed by atoms with van der Waals surface area (Å²) in [5, 5.41) is 0. The molecule has 0 rings (SSSR count). The number of hydrogen-bond acceptors (Lipinski definition) is 1. The summed E-state index contributed by atoms with van der Waals surface area (Å²) in [5.41, 5.74) is 0. The summed E-state index contributed by atoms with van der Waals surface area (Å²) >= 11 is 6.75. The lowest BCUT2D eigenvalue weighted by Gasteiger charge is -1.51. The van der Waals surface area contributed by atoms with Crippen molar-refractivity contribution in [3.05, 3.63) is 0 Å². The zero-order valence-corrected chi connectivity index (χ0v) is 6.07. The second-order valence-electron chi connectivity index (χ2n) is 0.676. The van der Waals surface area contributed by atoms with Crippen molar-refractivity contribution in [3.63, 3.8) is 0 Å². The molecule has 0 spiro atoms. The first kappa shape index (κ1) is 9.81. The maximum atomic E-state index is 5.00. The fourth-order valence-corrected chi connectivity index (χ4v) is 0. The van der Waals surface area contributed by atoms with E-state index in [1.807, 2.05) is 19.4 Å². The molecule has 0 aromatic carbocycles. The van der Waals surface area contributed by atoms with Gasteiger partial charge in [-0.25, -0.2) is 0 Å². The summed E-state index contributed by atoms with van der Waals surface area (Å²) in [6.45, 7) is 1.89. The van der Waals surface area contributed by atoms with E-state index < -0.39 is 0 Å². The monoisotopic (exact) mass is 126 g/mol. The Bertz CT molecular complexity index is 9.51. The molecule has 0 radical (unpaired) electrons. The molecular formula is C4H11ClS. The van der Waals surface area contributed by atoms with E-state index in [4.69, 9.17) is 11.6 Å². The molecule has 0 unspecified atom stereocenters. The predicted octanol–water partition coefficient (Wildman–Crippen LogP) is 2.22. The highest BCUT2D eigenvalue weighted by Crippen LogP contribution is 1.70. The SMILES string of the molecule is CCCl.CSC. The van der Waals surface area contributed by atoms with Crippen molar-refractivity contribution >= 4 is 23.4 Å². The minimum atomic E-state index is 0.722. The van der Waals surface area contributed by atoms with E-state index in [-0.39, 0.29) is 0 Å². The lowest BCUT2D eigenvalue weighted by molar-refractivity contribution is 1.51. The average molecular weight is 127 g/mol. The third-order valence-corrected chi connectivity index (χ3v) is 0. The predicted molar refractivity (Wildman–Crippen MR) is 35.8 cm³/mol. The summed E-state index contributed by atoms with van der Waals surface area (Å²) < 4.78 is 0. The first-order valence-corrected chi connectivity index (χ1v) is 3.96. The zero-order valence-electron chi connectivity index (χ0n) is 4.49. The Morgan fingerprint density at radius 1 is 1.50 bits per heavy atom. The van der Waals surface area contributed by atoms with Crippen LogP contribution in [0.2, 0.25) is 0 Å². The molecule has 0 aliphatic rings. The second kappa shape index (κ2) is 17.4. The number of thioether (sulfide) groups is 1. The molecule has 0 saturated carbocycles. The Labute approximate surface area is 49.3 Å². The molecule has 0 N–H and O–H groups in total. The molecule has 0 atom stereocenters. The Hall–Kier alpha value is 0.640. The van der Waals surface area contributed by atoms with Crippen LogP contribution in [-0.4, -0.2) is 18.4 Å². The topological polar surface area (TPSA) is 0 Å². The van der Waals surface area contributed by atoms with E-state index in [9.17, 15) is 0 Å². The van der Waals surface area contributed by atoms with Gasteiger partial charge in [-0.2, -0.15) is 11.8 Å². The highest BCUT2D eigenvalue weighted by atomic mass is 35.5. The highest BCUT2D eigenvalue weighted by Gasteiger charge is 1.38. The van der Waals surface area contributed by atoms with Crippen molar-refractivity contribution in [1.29, 1.82) is 0 Å². The van der Waals surface area contributed by atoms with E-state index in [0.717, 1.165) is 5.88 Å². The number of rotatable bonds is 0. The summed E-state index contributed by atoms with van der Waals surface area (Å²) in [5.74, 6) is 0.722. The molecule has 0 amide bonds. The summed E-state index contributed by atoms with van der Waals surface area (Å²) in [6.07, 6.45) is 4.08. The standard InChI is InChI=1S/C2H5Cl.C2H6S/c1-2-3;1-3-2/h2H2,1H3;1-2H3. The lowest BCUT2D eigenvalue weighted by Crippen LogP contribution is -1.36. The van der Waals surface area contributed by atoms with Crippen LogP contribution in [0.15, 0.2) is 0 Å². The second-order valence-corrected chi connectivity index (χ2v) is 2.03. The molecule has 0 aliphatic heterocycles. The van der Waals surface area contributed by atoms with Gasteiger partial charge in [-0.15, -0.1) is 11.6 Å². The van der Waals surface area contributed by atoms with Crippen LogP contribution >= 0.6 is 23.4 Å². The number of hydrogen-bond donors (Lipinski definition) is 0. The third kappa shape index (κ3) is 150. The van der Waals surface area contributed by atoms with Gasteiger partial charge in [0.2, 0.25) is 0 Å². The van der Waals surface area contributed by atoms with Crippen molar-refractivity contribution in [2.45, 2.75) is 6.92 Å². The molecule has 0 nitrogen and oxygen atoms in total. The fourth-order valence-electron chi connectivity index (χ4n) is 0. The minimum absolute atomic E-state index is 0.722. The van der Waals surface area contributed by atoms with Gasteiger partial charge < -0.3 is 0 Å². The van der Waals surface area contributed by atoms with Crippen LogP contribution in [0.1, 0.15) is 6.92 Å². The molecule has 0 bridgehead atoms. The Morgan fingerprint density at radius 3 is 1.50 bits per heavy atom. The van der Waals surface area contributed by atoms with E-state index in [0.29, 0.717) is 0 Å². The van der Waals surface area contributed by atoms with E-state index in [1.165, 1.54) is 0 Å². The van der Waals surface area contributed by atoms with E-state index >= 15 is 0 Å². The van der Waals surface area contributed by atoms with E-state index in [1.54, 1.807) is 11.8 Å². The van der Waals surface area contributed by atoms with E-state index in [2.05, 4.69) is 0 Å². The van der Waals surface area contributed by atoms with Crippen LogP contribution in [0.4, 0.5) is 0 Å². The van der Waals surface area contributed by atoms with Crippen LogP contribution in [0, 0.1) is 0 Å². The van der Waals surface area contributed by atoms with Gasteiger partial charge >= 0.3 is 0 Å². The summed E-state index contributed by atoms with van der Waals surface area (Å²) in [4.78, 5) is 0. The third-order valence-electron chi connectivity index (χ3n) is 0. The molecule has 6 heavy (non-hydrogen) atoms. The molecular weight excluding hydrogens is 116 g/mol. The first-order valence-electron chi connectivity index (χ1n) is 1.79. The molecule has 0 aromatic rings. The molecule has 40 valence electrons. The molecule has 2 heteroatoms. The van der Waals surface area contributed by atoms with Crippen molar-refractivity contribution in [2.75, 3.05) is 18.4 Å². The van der Waals surface area contributed by atoms with Gasteiger partial charge in [-0.3, -0.25) is 0 Å². The maximum Gasteiger partial charge on any atom is 0.0195 e. The number of halogens is 1. The molecule has 0 aromatic heterocycles. The summed E-state index contributed by atoms with van der Waals surface area (Å²) in [7, 11) is 0. The molecule has 0 saturated heterocycles. The van der Waals surface area contributed by atoms with Crippen LogP contribution < -0.4 is 0 Å². The van der Waals surface area contributed by atoms with Gasteiger partial charge in [0.15, 0.2) is 0 Å². The van der Waals surface area contributed by atoms with Crippen molar-refractivity contribution in [1.82, 2.24) is 0 Å². The van der Waals surface area contributed by atoms with Crippen molar-refractivity contribution < 1.29 is 0 Å². The van der Waals surface area contributed by atoms with Gasteiger partial charge in [-0.1, -0.05) is 6.92 Å². The fraction of sp³-hybridized carbons (Fsp3) is 1.00. The van der Waals surface area contributed by atoms with Crippen LogP contribution in [-0.2, 0) is 0 Å². The average Bonchev–Trinajstić information content (AvgIpc) is 1.39. The van der Waals surface area contributed by atoms with Crippen molar-refractivity contribution in [2.24, 2.45) is 0 Å². The quantitative estimate of drug-likeness (QED) is 0.449. The number of alkyl halides is 1. The summed E-state index contributed by atoms with van der Waals surface area (Å²) in [6, 6.07) is 0. The highest BCUT2D eigenvalue weighted by molar-refractivity contribution is 7.97. The Balaban J connectivity index is 0. The van der Waals surface area contributed by atoms with Gasteiger partial charge in [-0.05, 0) is 12.5 Å².